The molecule has 1 aromatic heterocycles. The predicted octanol–water partition coefficient (Wildman–Crippen LogP) is 3.09. The van der Waals surface area contributed by atoms with Gasteiger partial charge >= 0.3 is 6.09 Å². The fourth-order valence-electron chi connectivity index (χ4n) is 1.48. The molecule has 0 spiro atoms. The summed E-state index contributed by atoms with van der Waals surface area (Å²) in [7, 11) is 0. The zero-order chi connectivity index (χ0) is 13.7. The molecule has 0 unspecified atom stereocenters. The van der Waals surface area contributed by atoms with Gasteiger partial charge in [0, 0.05) is 6.07 Å². The summed E-state index contributed by atoms with van der Waals surface area (Å²) < 4.78 is 10.2. The van der Waals surface area contributed by atoms with E-state index in [2.05, 4.69) is 10.5 Å². The Balaban J connectivity index is 1.83. The van der Waals surface area contributed by atoms with Crippen molar-refractivity contribution in [3.63, 3.8) is 0 Å². The first-order valence-electron chi connectivity index (χ1n) is 6.11. The molecule has 0 fully saturated rings. The van der Waals surface area contributed by atoms with Crippen molar-refractivity contribution in [2.24, 2.45) is 0 Å². The summed E-state index contributed by atoms with van der Waals surface area (Å²) in [4.78, 5) is 11.5. The lowest BCUT2D eigenvalue weighted by molar-refractivity contribution is 0.198. The van der Waals surface area contributed by atoms with Crippen LogP contribution in [0.3, 0.4) is 0 Å². The summed E-state index contributed by atoms with van der Waals surface area (Å²) in [5.74, 6) is 1.41. The third kappa shape index (κ3) is 3.84. The number of ether oxygens (including phenoxy) is 1. The minimum Gasteiger partial charge on any atom is -0.410 e. The standard InChI is InChI=1S/C14H16N2O3/c1-10(2)13-8-12(19-16-13)9-15-14(17)18-11-6-4-3-5-7-11/h3-8,10H,9H2,1-2H3,(H,15,17). The number of carbonyl (C=O) groups excluding carboxylic acids is 1. The predicted molar refractivity (Wildman–Crippen MR) is 69.9 cm³/mol. The Bertz CT molecular complexity index is 535. The first-order chi connectivity index (χ1) is 9.15. The maximum atomic E-state index is 11.5. The van der Waals surface area contributed by atoms with Crippen molar-refractivity contribution in [2.75, 3.05) is 0 Å². The molecule has 5 heteroatoms. The van der Waals surface area contributed by atoms with Gasteiger partial charge < -0.3 is 14.6 Å². The highest BCUT2D eigenvalue weighted by molar-refractivity contribution is 5.70. The van der Waals surface area contributed by atoms with Gasteiger partial charge in [-0.1, -0.05) is 37.2 Å². The van der Waals surface area contributed by atoms with Crippen LogP contribution in [0.5, 0.6) is 5.75 Å². The molecular formula is C14H16N2O3. The quantitative estimate of drug-likeness (QED) is 0.917. The van der Waals surface area contributed by atoms with Gasteiger partial charge in [-0.05, 0) is 18.1 Å². The van der Waals surface area contributed by atoms with Crippen LogP contribution in [0.15, 0.2) is 40.9 Å². The lowest BCUT2D eigenvalue weighted by atomic mass is 10.1. The Morgan fingerprint density at radius 1 is 1.37 bits per heavy atom. The Labute approximate surface area is 111 Å². The van der Waals surface area contributed by atoms with E-state index in [9.17, 15) is 4.79 Å². The molecule has 0 radical (unpaired) electrons. The third-order valence-corrected chi connectivity index (χ3v) is 2.53. The molecule has 0 aliphatic carbocycles. The van der Waals surface area contributed by atoms with E-state index in [0.717, 1.165) is 5.69 Å². The fraction of sp³-hybridized carbons (Fsp3) is 0.286. The van der Waals surface area contributed by atoms with Gasteiger partial charge in [0.25, 0.3) is 0 Å². The summed E-state index contributed by atoms with van der Waals surface area (Å²) in [6.45, 7) is 4.31. The topological polar surface area (TPSA) is 64.4 Å². The minimum atomic E-state index is -0.520. The second-order valence-electron chi connectivity index (χ2n) is 4.43. The molecule has 0 saturated carbocycles. The summed E-state index contributed by atoms with van der Waals surface area (Å²) in [5.41, 5.74) is 0.869. The monoisotopic (exact) mass is 260 g/mol. The molecule has 1 aromatic carbocycles. The number of hydrogen-bond donors (Lipinski definition) is 1. The molecule has 0 bridgehead atoms. The maximum Gasteiger partial charge on any atom is 0.412 e. The summed E-state index contributed by atoms with van der Waals surface area (Å²) in [6.07, 6.45) is -0.520. The van der Waals surface area contributed by atoms with Crippen molar-refractivity contribution in [3.8, 4) is 5.75 Å². The van der Waals surface area contributed by atoms with E-state index in [4.69, 9.17) is 9.26 Å². The van der Waals surface area contributed by atoms with E-state index >= 15 is 0 Å². The number of para-hydroxylation sites is 1. The molecule has 1 amide bonds. The number of nitrogens with zero attached hydrogens (tertiary/aromatic N) is 1. The van der Waals surface area contributed by atoms with Gasteiger partial charge in [-0.25, -0.2) is 4.79 Å². The van der Waals surface area contributed by atoms with Crippen molar-refractivity contribution in [1.82, 2.24) is 10.5 Å². The van der Waals surface area contributed by atoms with Crippen molar-refractivity contribution in [3.05, 3.63) is 47.9 Å². The van der Waals surface area contributed by atoms with Crippen LogP contribution in [0.4, 0.5) is 4.79 Å². The highest BCUT2D eigenvalue weighted by Gasteiger charge is 2.09. The number of aromatic nitrogens is 1. The van der Waals surface area contributed by atoms with Crippen molar-refractivity contribution < 1.29 is 14.1 Å². The van der Waals surface area contributed by atoms with Gasteiger partial charge in [0.1, 0.15) is 5.75 Å². The fourth-order valence-corrected chi connectivity index (χ4v) is 1.48. The maximum absolute atomic E-state index is 11.5. The number of rotatable bonds is 4. The minimum absolute atomic E-state index is 0.255. The molecule has 2 rings (SSSR count). The van der Waals surface area contributed by atoms with Crippen LogP contribution in [0.2, 0.25) is 0 Å². The number of carbonyl (C=O) groups is 1. The zero-order valence-electron chi connectivity index (χ0n) is 10.9. The molecule has 1 heterocycles. The molecule has 0 atom stereocenters. The number of amides is 1. The summed E-state index contributed by atoms with van der Waals surface area (Å²) in [6, 6.07) is 10.7. The van der Waals surface area contributed by atoms with Gasteiger partial charge in [0.15, 0.2) is 5.76 Å². The zero-order valence-corrected chi connectivity index (χ0v) is 10.9. The molecular weight excluding hydrogens is 244 g/mol. The van der Waals surface area contributed by atoms with Gasteiger partial charge in [-0.15, -0.1) is 0 Å². The van der Waals surface area contributed by atoms with Crippen LogP contribution >= 0.6 is 0 Å². The molecule has 19 heavy (non-hydrogen) atoms. The highest BCUT2D eigenvalue weighted by atomic mass is 16.6. The van der Waals surface area contributed by atoms with Gasteiger partial charge in [-0.3, -0.25) is 0 Å². The summed E-state index contributed by atoms with van der Waals surface area (Å²) >= 11 is 0. The second-order valence-corrected chi connectivity index (χ2v) is 4.43. The third-order valence-electron chi connectivity index (χ3n) is 2.53. The Kier molecular flexibility index (Phi) is 4.18. The molecule has 0 saturated heterocycles. The van der Waals surface area contributed by atoms with Crippen LogP contribution < -0.4 is 10.1 Å². The van der Waals surface area contributed by atoms with Crippen LogP contribution in [0.1, 0.15) is 31.2 Å². The lowest BCUT2D eigenvalue weighted by Gasteiger charge is -2.04. The van der Waals surface area contributed by atoms with E-state index in [-0.39, 0.29) is 6.54 Å². The molecule has 1 N–H and O–H groups in total. The molecule has 0 aliphatic rings. The SMILES string of the molecule is CC(C)c1cc(CNC(=O)Oc2ccccc2)on1. The van der Waals surface area contributed by atoms with E-state index in [1.54, 1.807) is 24.3 Å². The van der Waals surface area contributed by atoms with E-state index in [1.165, 1.54) is 0 Å². The van der Waals surface area contributed by atoms with Gasteiger partial charge in [0.2, 0.25) is 0 Å². The van der Waals surface area contributed by atoms with Crippen LogP contribution in [-0.4, -0.2) is 11.2 Å². The van der Waals surface area contributed by atoms with Crippen LogP contribution in [0.25, 0.3) is 0 Å². The number of nitrogens with one attached hydrogen (secondary N) is 1. The molecule has 2 aromatic rings. The first kappa shape index (κ1) is 13.1. The average Bonchev–Trinajstić information content (AvgIpc) is 2.86. The number of benzene rings is 1. The van der Waals surface area contributed by atoms with E-state index < -0.39 is 6.09 Å². The van der Waals surface area contributed by atoms with E-state index in [1.807, 2.05) is 26.0 Å². The average molecular weight is 260 g/mol. The van der Waals surface area contributed by atoms with Crippen LogP contribution in [0, 0.1) is 0 Å². The van der Waals surface area contributed by atoms with Crippen molar-refractivity contribution >= 4 is 6.09 Å². The first-order valence-corrected chi connectivity index (χ1v) is 6.11. The van der Waals surface area contributed by atoms with Crippen LogP contribution in [-0.2, 0) is 6.54 Å². The largest absolute Gasteiger partial charge is 0.412 e. The Hall–Kier alpha value is -2.30. The van der Waals surface area contributed by atoms with Gasteiger partial charge in [-0.2, -0.15) is 0 Å². The summed E-state index contributed by atoms with van der Waals surface area (Å²) in [5, 5.41) is 6.52. The van der Waals surface area contributed by atoms with Crippen molar-refractivity contribution in [2.45, 2.75) is 26.3 Å². The molecule has 100 valence electrons. The Morgan fingerprint density at radius 2 is 2.11 bits per heavy atom. The van der Waals surface area contributed by atoms with E-state index in [0.29, 0.717) is 17.4 Å². The van der Waals surface area contributed by atoms with Crippen molar-refractivity contribution in [1.29, 1.82) is 0 Å². The molecule has 5 nitrogen and oxygen atoms in total. The smallest absolute Gasteiger partial charge is 0.410 e. The lowest BCUT2D eigenvalue weighted by Crippen LogP contribution is -2.26. The normalized spacial score (nSPS) is 10.5. The number of hydrogen-bond acceptors (Lipinski definition) is 4. The second kappa shape index (κ2) is 6.04. The molecule has 0 aliphatic heterocycles. The highest BCUT2D eigenvalue weighted by Crippen LogP contribution is 2.14. The Morgan fingerprint density at radius 3 is 2.74 bits per heavy atom. The van der Waals surface area contributed by atoms with Gasteiger partial charge in [0.05, 0.1) is 12.2 Å².